The van der Waals surface area contributed by atoms with Crippen molar-refractivity contribution in [1.82, 2.24) is 9.80 Å². The van der Waals surface area contributed by atoms with Crippen molar-refractivity contribution in [1.29, 1.82) is 0 Å². The van der Waals surface area contributed by atoms with Crippen molar-refractivity contribution < 1.29 is 29.3 Å². The van der Waals surface area contributed by atoms with Gasteiger partial charge in [-0.05, 0) is 0 Å². The second-order valence-electron chi connectivity index (χ2n) is 4.91. The second-order valence-corrected chi connectivity index (χ2v) is 4.91. The van der Waals surface area contributed by atoms with Gasteiger partial charge in [-0.15, -0.1) is 0 Å². The van der Waals surface area contributed by atoms with Crippen molar-refractivity contribution in [2.45, 2.75) is 18.5 Å². The summed E-state index contributed by atoms with van der Waals surface area (Å²) in [5.74, 6) is -0.959. The fourth-order valence-electron chi connectivity index (χ4n) is 2.50. The van der Waals surface area contributed by atoms with E-state index in [1.165, 1.54) is 4.90 Å². The summed E-state index contributed by atoms with van der Waals surface area (Å²) in [5.41, 5.74) is 0. The van der Waals surface area contributed by atoms with Crippen LogP contribution < -0.4 is 0 Å². The molecule has 0 bridgehead atoms. The number of aliphatic carboxylic acids is 1. The average Bonchev–Trinajstić information content (AvgIpc) is 2.46. The van der Waals surface area contributed by atoms with Gasteiger partial charge in [0.1, 0.15) is 0 Å². The number of nitrogens with zero attached hydrogens (tertiary/aromatic N) is 2. The molecule has 2 unspecified atom stereocenters. The highest BCUT2D eigenvalue weighted by atomic mass is 16.5. The molecule has 0 aromatic heterocycles. The molecule has 0 aromatic rings. The molecular weight excluding hydrogens is 268 g/mol. The topological polar surface area (TPSA) is 99.5 Å². The SMILES string of the molecule is O=C(O)CC1COCCN1C(=O)N1CCOCC1CO. The number of carboxylic acids is 1. The number of amides is 2. The highest BCUT2D eigenvalue weighted by Gasteiger charge is 2.35. The van der Waals surface area contributed by atoms with E-state index in [2.05, 4.69) is 0 Å². The monoisotopic (exact) mass is 288 g/mol. The van der Waals surface area contributed by atoms with Gasteiger partial charge in [0.25, 0.3) is 0 Å². The van der Waals surface area contributed by atoms with Gasteiger partial charge in [-0.1, -0.05) is 0 Å². The molecule has 2 aliphatic heterocycles. The molecule has 2 rings (SSSR count). The molecule has 2 amide bonds. The lowest BCUT2D eigenvalue weighted by Crippen LogP contribution is -2.59. The first kappa shape index (κ1) is 15.0. The molecular formula is C12H20N2O6. The Labute approximate surface area is 116 Å². The molecule has 20 heavy (non-hydrogen) atoms. The summed E-state index contributed by atoms with van der Waals surface area (Å²) >= 11 is 0. The van der Waals surface area contributed by atoms with Crippen molar-refractivity contribution >= 4 is 12.0 Å². The number of carboxylic acid groups (broad SMARTS) is 1. The lowest BCUT2D eigenvalue weighted by atomic mass is 10.1. The van der Waals surface area contributed by atoms with E-state index < -0.39 is 12.0 Å². The third-order valence-electron chi connectivity index (χ3n) is 3.57. The maximum absolute atomic E-state index is 12.6. The second kappa shape index (κ2) is 6.87. The van der Waals surface area contributed by atoms with Crippen LogP contribution in [-0.2, 0) is 14.3 Å². The van der Waals surface area contributed by atoms with E-state index >= 15 is 0 Å². The number of rotatable bonds is 3. The Kier molecular flexibility index (Phi) is 5.16. The number of aliphatic hydroxyl groups is 1. The van der Waals surface area contributed by atoms with Gasteiger partial charge >= 0.3 is 12.0 Å². The zero-order chi connectivity index (χ0) is 14.5. The lowest BCUT2D eigenvalue weighted by Gasteiger charge is -2.42. The Morgan fingerprint density at radius 2 is 1.60 bits per heavy atom. The minimum absolute atomic E-state index is 0.139. The van der Waals surface area contributed by atoms with Crippen LogP contribution in [-0.4, -0.2) is 90.2 Å². The Morgan fingerprint density at radius 3 is 2.15 bits per heavy atom. The van der Waals surface area contributed by atoms with E-state index in [1.807, 2.05) is 0 Å². The summed E-state index contributed by atoms with van der Waals surface area (Å²) in [5, 5.41) is 18.2. The predicted molar refractivity (Wildman–Crippen MR) is 67.4 cm³/mol. The van der Waals surface area contributed by atoms with Crippen LogP contribution in [0.4, 0.5) is 4.79 Å². The molecule has 2 atom stereocenters. The third kappa shape index (κ3) is 3.38. The molecule has 0 radical (unpaired) electrons. The van der Waals surface area contributed by atoms with E-state index in [0.29, 0.717) is 32.9 Å². The van der Waals surface area contributed by atoms with Crippen LogP contribution >= 0.6 is 0 Å². The summed E-state index contributed by atoms with van der Waals surface area (Å²) in [6, 6.07) is -1.08. The Morgan fingerprint density at radius 1 is 1.05 bits per heavy atom. The average molecular weight is 288 g/mol. The molecule has 0 aliphatic carbocycles. The molecule has 2 aliphatic rings. The third-order valence-corrected chi connectivity index (χ3v) is 3.57. The zero-order valence-electron chi connectivity index (χ0n) is 11.2. The number of aliphatic hydroxyl groups excluding tert-OH is 1. The van der Waals surface area contributed by atoms with E-state index in [1.54, 1.807) is 4.90 Å². The Balaban J connectivity index is 2.05. The molecule has 2 N–H and O–H groups in total. The van der Waals surface area contributed by atoms with E-state index in [4.69, 9.17) is 14.6 Å². The molecule has 2 fully saturated rings. The van der Waals surface area contributed by atoms with Crippen LogP contribution in [0.3, 0.4) is 0 Å². The van der Waals surface area contributed by atoms with Crippen molar-refractivity contribution in [2.75, 3.05) is 46.1 Å². The van der Waals surface area contributed by atoms with Gasteiger partial charge in [0, 0.05) is 13.1 Å². The normalized spacial score (nSPS) is 27.4. The number of carbonyl (C=O) groups excluding carboxylic acids is 1. The minimum atomic E-state index is -0.959. The number of hydrogen-bond acceptors (Lipinski definition) is 5. The Hall–Kier alpha value is -1.38. The first-order valence-corrected chi connectivity index (χ1v) is 6.69. The first-order chi connectivity index (χ1) is 9.63. The molecule has 0 spiro atoms. The van der Waals surface area contributed by atoms with Crippen molar-refractivity contribution in [3.05, 3.63) is 0 Å². The van der Waals surface area contributed by atoms with Gasteiger partial charge in [-0.3, -0.25) is 4.79 Å². The van der Waals surface area contributed by atoms with Crippen LogP contribution in [0.5, 0.6) is 0 Å². The van der Waals surface area contributed by atoms with Crippen LogP contribution in [0.2, 0.25) is 0 Å². The largest absolute Gasteiger partial charge is 0.481 e. The highest BCUT2D eigenvalue weighted by Crippen LogP contribution is 2.17. The molecule has 114 valence electrons. The van der Waals surface area contributed by atoms with Gasteiger partial charge in [0.05, 0.1) is 51.5 Å². The number of morpholine rings is 2. The fraction of sp³-hybridized carbons (Fsp3) is 0.833. The Bertz CT molecular complexity index is 364. The van der Waals surface area contributed by atoms with Crippen LogP contribution in [0.15, 0.2) is 0 Å². The minimum Gasteiger partial charge on any atom is -0.481 e. The zero-order valence-corrected chi connectivity index (χ0v) is 11.2. The van der Waals surface area contributed by atoms with E-state index in [0.717, 1.165) is 0 Å². The molecule has 8 heteroatoms. The number of ether oxygens (including phenoxy) is 2. The summed E-state index contributed by atoms with van der Waals surface area (Å²) in [6.45, 7) is 1.96. The van der Waals surface area contributed by atoms with Gasteiger partial charge < -0.3 is 29.5 Å². The van der Waals surface area contributed by atoms with Crippen LogP contribution in [0.25, 0.3) is 0 Å². The van der Waals surface area contributed by atoms with Gasteiger partial charge in [0.2, 0.25) is 0 Å². The van der Waals surface area contributed by atoms with Gasteiger partial charge in [-0.2, -0.15) is 0 Å². The number of urea groups is 1. The van der Waals surface area contributed by atoms with Crippen molar-refractivity contribution in [3.8, 4) is 0 Å². The first-order valence-electron chi connectivity index (χ1n) is 6.69. The summed E-state index contributed by atoms with van der Waals surface area (Å²) in [4.78, 5) is 26.5. The molecule has 2 heterocycles. The number of carbonyl (C=O) groups is 2. The van der Waals surface area contributed by atoms with Gasteiger partial charge in [0.15, 0.2) is 0 Å². The molecule has 8 nitrogen and oxygen atoms in total. The van der Waals surface area contributed by atoms with E-state index in [-0.39, 0.29) is 31.7 Å². The van der Waals surface area contributed by atoms with Crippen LogP contribution in [0.1, 0.15) is 6.42 Å². The summed E-state index contributed by atoms with van der Waals surface area (Å²) in [6.07, 6.45) is -0.139. The van der Waals surface area contributed by atoms with Crippen LogP contribution in [0, 0.1) is 0 Å². The van der Waals surface area contributed by atoms with E-state index in [9.17, 15) is 14.7 Å². The summed E-state index contributed by atoms with van der Waals surface area (Å²) < 4.78 is 10.5. The van der Waals surface area contributed by atoms with Gasteiger partial charge in [-0.25, -0.2) is 4.79 Å². The van der Waals surface area contributed by atoms with Crippen molar-refractivity contribution in [3.63, 3.8) is 0 Å². The molecule has 0 aromatic carbocycles. The lowest BCUT2D eigenvalue weighted by molar-refractivity contribution is -0.139. The van der Waals surface area contributed by atoms with Crippen molar-refractivity contribution in [2.24, 2.45) is 0 Å². The molecule has 2 saturated heterocycles. The maximum atomic E-state index is 12.6. The fourth-order valence-corrected chi connectivity index (χ4v) is 2.50. The maximum Gasteiger partial charge on any atom is 0.320 e. The standard InChI is InChI=1S/C12H20N2O6/c15-6-10-8-20-4-2-14(10)12(18)13-1-3-19-7-9(13)5-11(16)17/h9-10,15H,1-8H2,(H,16,17). The smallest absolute Gasteiger partial charge is 0.320 e. The summed E-state index contributed by atoms with van der Waals surface area (Å²) in [7, 11) is 0. The predicted octanol–water partition coefficient (Wildman–Crippen LogP) is -1.02. The quantitative estimate of drug-likeness (QED) is 0.689. The highest BCUT2D eigenvalue weighted by molar-refractivity contribution is 5.77. The number of hydrogen-bond donors (Lipinski definition) is 2. The molecule has 0 saturated carbocycles.